The minimum Gasteiger partial charge on any atom is -0.207 e. The van der Waals surface area contributed by atoms with E-state index in [9.17, 15) is 4.39 Å². The average Bonchev–Trinajstić information content (AvgIpc) is 2.02. The zero-order valence-electron chi connectivity index (χ0n) is 9.69. The maximum atomic E-state index is 12.9. The van der Waals surface area contributed by atoms with Crippen molar-refractivity contribution >= 4 is 0 Å². The fraction of sp³-hybridized carbons (Fsp3) is 0.538. The van der Waals surface area contributed by atoms with Gasteiger partial charge in [0.25, 0.3) is 0 Å². The predicted octanol–water partition coefficient (Wildman–Crippen LogP) is 4.07. The lowest BCUT2D eigenvalue weighted by Crippen LogP contribution is -2.25. The highest BCUT2D eigenvalue weighted by atomic mass is 19.1. The Morgan fingerprint density at radius 1 is 1.21 bits per heavy atom. The van der Waals surface area contributed by atoms with Crippen LogP contribution in [0.3, 0.4) is 0 Å². The molecule has 0 aliphatic rings. The molecule has 0 aliphatic carbocycles. The topological polar surface area (TPSA) is 0 Å². The van der Waals surface area contributed by atoms with E-state index in [2.05, 4.69) is 27.7 Å². The molecule has 0 amide bonds. The molecule has 0 spiro atoms. The Morgan fingerprint density at radius 2 is 1.79 bits per heavy atom. The van der Waals surface area contributed by atoms with Crippen LogP contribution in [0.1, 0.15) is 38.8 Å². The monoisotopic (exact) mass is 194 g/mol. The molecule has 0 saturated heterocycles. The van der Waals surface area contributed by atoms with Gasteiger partial charge >= 0.3 is 0 Å². The van der Waals surface area contributed by atoms with Crippen LogP contribution < -0.4 is 0 Å². The quantitative estimate of drug-likeness (QED) is 0.665. The number of rotatable bonds is 2. The summed E-state index contributed by atoms with van der Waals surface area (Å²) in [5, 5.41) is 0. The van der Waals surface area contributed by atoms with Crippen molar-refractivity contribution in [2.45, 2.75) is 40.0 Å². The fourth-order valence-electron chi connectivity index (χ4n) is 1.66. The molecule has 1 rings (SSSR count). The van der Waals surface area contributed by atoms with Crippen molar-refractivity contribution in [3.8, 4) is 0 Å². The molecular formula is C13H19F. The minimum atomic E-state index is -0.147. The van der Waals surface area contributed by atoms with Crippen LogP contribution in [-0.4, -0.2) is 0 Å². The third-order valence-corrected chi connectivity index (χ3v) is 3.33. The molecule has 0 radical (unpaired) electrons. The van der Waals surface area contributed by atoms with Gasteiger partial charge in [-0.25, -0.2) is 4.39 Å². The first-order valence-electron chi connectivity index (χ1n) is 5.12. The highest BCUT2D eigenvalue weighted by molar-refractivity contribution is 5.33. The fourth-order valence-corrected chi connectivity index (χ4v) is 1.66. The number of halogens is 1. The van der Waals surface area contributed by atoms with Crippen LogP contribution in [-0.2, 0) is 5.41 Å². The maximum absolute atomic E-state index is 12.9. The second-order valence-corrected chi connectivity index (χ2v) is 4.84. The molecular weight excluding hydrogens is 175 g/mol. The molecule has 0 aliphatic heterocycles. The Balaban J connectivity index is 3.19. The van der Waals surface area contributed by atoms with Gasteiger partial charge < -0.3 is 0 Å². The smallest absolute Gasteiger partial charge is 0.123 e. The molecule has 1 heteroatoms. The standard InChI is InChI=1S/C13H19F/c1-9(2)13(4,5)12-7-6-11(14)8-10(12)3/h6-9H,1-5H3. The third kappa shape index (κ3) is 1.97. The molecule has 0 fully saturated rings. The lowest BCUT2D eigenvalue weighted by atomic mass is 9.73. The van der Waals surface area contributed by atoms with Gasteiger partial charge in [0.05, 0.1) is 0 Å². The second-order valence-electron chi connectivity index (χ2n) is 4.84. The summed E-state index contributed by atoms with van der Waals surface area (Å²) in [6.07, 6.45) is 0. The lowest BCUT2D eigenvalue weighted by molar-refractivity contribution is 0.370. The van der Waals surface area contributed by atoms with Gasteiger partial charge in [-0.05, 0) is 41.5 Å². The first-order valence-corrected chi connectivity index (χ1v) is 5.12. The van der Waals surface area contributed by atoms with E-state index in [1.165, 1.54) is 5.56 Å². The predicted molar refractivity (Wildman–Crippen MR) is 59.0 cm³/mol. The van der Waals surface area contributed by atoms with Crippen molar-refractivity contribution in [1.29, 1.82) is 0 Å². The summed E-state index contributed by atoms with van der Waals surface area (Å²) in [4.78, 5) is 0. The first-order chi connectivity index (χ1) is 6.35. The molecule has 0 bridgehead atoms. The van der Waals surface area contributed by atoms with Crippen molar-refractivity contribution in [2.75, 3.05) is 0 Å². The SMILES string of the molecule is Cc1cc(F)ccc1C(C)(C)C(C)C. The summed E-state index contributed by atoms with van der Waals surface area (Å²) in [5.41, 5.74) is 2.40. The lowest BCUT2D eigenvalue weighted by Gasteiger charge is -2.31. The summed E-state index contributed by atoms with van der Waals surface area (Å²) < 4.78 is 12.9. The molecule has 0 nitrogen and oxygen atoms in total. The highest BCUT2D eigenvalue weighted by Crippen LogP contribution is 2.33. The van der Waals surface area contributed by atoms with E-state index in [0.717, 1.165) is 5.56 Å². The molecule has 0 unspecified atom stereocenters. The van der Waals surface area contributed by atoms with Crippen LogP contribution in [0.25, 0.3) is 0 Å². The normalized spacial score (nSPS) is 12.2. The number of aryl methyl sites for hydroxylation is 1. The Hall–Kier alpha value is -0.850. The summed E-state index contributed by atoms with van der Waals surface area (Å²) >= 11 is 0. The van der Waals surface area contributed by atoms with Crippen molar-refractivity contribution in [3.05, 3.63) is 35.1 Å². The van der Waals surface area contributed by atoms with Gasteiger partial charge in [0, 0.05) is 0 Å². The molecule has 14 heavy (non-hydrogen) atoms. The van der Waals surface area contributed by atoms with Gasteiger partial charge in [-0.3, -0.25) is 0 Å². The van der Waals surface area contributed by atoms with Gasteiger partial charge in [0.15, 0.2) is 0 Å². The summed E-state index contributed by atoms with van der Waals surface area (Å²) in [6.45, 7) is 10.8. The molecule has 78 valence electrons. The number of hydrogen-bond donors (Lipinski definition) is 0. The van der Waals surface area contributed by atoms with E-state index in [0.29, 0.717) is 5.92 Å². The van der Waals surface area contributed by atoms with E-state index in [1.807, 2.05) is 13.0 Å². The molecule has 0 N–H and O–H groups in total. The van der Waals surface area contributed by atoms with Crippen molar-refractivity contribution in [3.63, 3.8) is 0 Å². The Labute approximate surface area is 86.2 Å². The molecule has 1 aromatic carbocycles. The van der Waals surface area contributed by atoms with Crippen molar-refractivity contribution in [1.82, 2.24) is 0 Å². The zero-order valence-corrected chi connectivity index (χ0v) is 9.69. The van der Waals surface area contributed by atoms with Crippen LogP contribution >= 0.6 is 0 Å². The Bertz CT molecular complexity index is 324. The van der Waals surface area contributed by atoms with Crippen LogP contribution in [0.5, 0.6) is 0 Å². The van der Waals surface area contributed by atoms with E-state index in [-0.39, 0.29) is 11.2 Å². The minimum absolute atomic E-state index is 0.109. The molecule has 0 aromatic heterocycles. The first kappa shape index (κ1) is 11.2. The van der Waals surface area contributed by atoms with Crippen LogP contribution in [0.4, 0.5) is 4.39 Å². The number of benzene rings is 1. The number of hydrogen-bond acceptors (Lipinski definition) is 0. The van der Waals surface area contributed by atoms with Gasteiger partial charge in [-0.2, -0.15) is 0 Å². The Morgan fingerprint density at radius 3 is 2.21 bits per heavy atom. The van der Waals surface area contributed by atoms with Crippen LogP contribution in [0, 0.1) is 18.7 Å². The summed E-state index contributed by atoms with van der Waals surface area (Å²) in [7, 11) is 0. The van der Waals surface area contributed by atoms with E-state index in [1.54, 1.807) is 12.1 Å². The van der Waals surface area contributed by atoms with Crippen LogP contribution in [0.2, 0.25) is 0 Å². The van der Waals surface area contributed by atoms with E-state index >= 15 is 0 Å². The largest absolute Gasteiger partial charge is 0.207 e. The maximum Gasteiger partial charge on any atom is 0.123 e. The molecule has 0 saturated carbocycles. The van der Waals surface area contributed by atoms with Crippen LogP contribution in [0.15, 0.2) is 18.2 Å². The molecule has 0 atom stereocenters. The Kier molecular flexibility index (Phi) is 2.98. The van der Waals surface area contributed by atoms with E-state index in [4.69, 9.17) is 0 Å². The second kappa shape index (κ2) is 3.72. The summed E-state index contributed by atoms with van der Waals surface area (Å²) in [6, 6.07) is 5.07. The highest BCUT2D eigenvalue weighted by Gasteiger charge is 2.26. The molecule has 1 aromatic rings. The zero-order chi connectivity index (χ0) is 10.9. The van der Waals surface area contributed by atoms with Gasteiger partial charge in [0.2, 0.25) is 0 Å². The molecule has 0 heterocycles. The van der Waals surface area contributed by atoms with Gasteiger partial charge in [-0.15, -0.1) is 0 Å². The average molecular weight is 194 g/mol. The van der Waals surface area contributed by atoms with E-state index < -0.39 is 0 Å². The summed E-state index contributed by atoms with van der Waals surface area (Å²) in [5.74, 6) is 0.400. The van der Waals surface area contributed by atoms with Crippen molar-refractivity contribution in [2.24, 2.45) is 5.92 Å². The third-order valence-electron chi connectivity index (χ3n) is 3.33. The van der Waals surface area contributed by atoms with Gasteiger partial charge in [-0.1, -0.05) is 33.8 Å². The van der Waals surface area contributed by atoms with Crippen molar-refractivity contribution < 1.29 is 4.39 Å². The van der Waals surface area contributed by atoms with Gasteiger partial charge in [0.1, 0.15) is 5.82 Å².